The Hall–Kier alpha value is -3.99. The van der Waals surface area contributed by atoms with Crippen molar-refractivity contribution < 1.29 is 59.2 Å². The van der Waals surface area contributed by atoms with Crippen molar-refractivity contribution in [2.45, 2.75) is 23.7 Å². The molecule has 1 heterocycles. The Morgan fingerprint density at radius 2 is 0.980 bits per heavy atom. The molecular formula is C37H39Br2N2O8W-. The van der Waals surface area contributed by atoms with Gasteiger partial charge in [0.05, 0.1) is 50.7 Å². The van der Waals surface area contributed by atoms with Crippen molar-refractivity contribution in [3.63, 3.8) is 0 Å². The first-order valence-electron chi connectivity index (χ1n) is 14.5. The van der Waals surface area contributed by atoms with E-state index in [-0.39, 0.29) is 50.7 Å². The van der Waals surface area contributed by atoms with Crippen molar-refractivity contribution in [2.75, 3.05) is 39.1 Å². The molecule has 4 aromatic carbocycles. The zero-order valence-electron chi connectivity index (χ0n) is 28.4. The summed E-state index contributed by atoms with van der Waals surface area (Å²) in [5.74, 6) is -2.33. The van der Waals surface area contributed by atoms with Crippen LogP contribution in [0.4, 0.5) is 11.4 Å². The van der Waals surface area contributed by atoms with Crippen LogP contribution >= 0.6 is 31.9 Å². The summed E-state index contributed by atoms with van der Waals surface area (Å²) in [6.07, 6.45) is 0. The number of fused-ring (bicyclic) bond motifs is 1. The molecule has 266 valence electrons. The number of hydrogen-bond acceptors (Lipinski definition) is 10. The number of ether oxygens (including phenoxy) is 4. The van der Waals surface area contributed by atoms with Crippen molar-refractivity contribution in [3.8, 4) is 0 Å². The fourth-order valence-corrected chi connectivity index (χ4v) is 5.85. The van der Waals surface area contributed by atoms with E-state index in [1.807, 2.05) is 18.2 Å². The van der Waals surface area contributed by atoms with Crippen LogP contribution in [0.15, 0.2) is 84.9 Å². The Kier molecular flexibility index (Phi) is 19.3. The number of anilines is 2. The molecule has 0 bridgehead atoms. The maximum Gasteiger partial charge on any atom is 0.338 e. The van der Waals surface area contributed by atoms with Crippen LogP contribution in [0.25, 0.3) is 0 Å². The molecule has 1 aliphatic heterocycles. The third kappa shape index (κ3) is 11.5. The first kappa shape index (κ1) is 44.0. The number of esters is 4. The molecule has 0 unspecified atom stereocenters. The Balaban J connectivity index is 0.000000401. The smallest absolute Gasteiger partial charge is 0.338 e. The zero-order chi connectivity index (χ0) is 35.2. The molecule has 10 nitrogen and oxygen atoms in total. The van der Waals surface area contributed by atoms with Crippen LogP contribution in [0.3, 0.4) is 0 Å². The monoisotopic (exact) mass is 981 g/mol. The van der Waals surface area contributed by atoms with Gasteiger partial charge in [-0.25, -0.2) is 19.2 Å². The van der Waals surface area contributed by atoms with E-state index in [4.69, 9.17) is 15.2 Å². The number of nitrogens with two attached hydrogens (primary N) is 1. The predicted octanol–water partition coefficient (Wildman–Crippen LogP) is 7.55. The minimum Gasteiger partial charge on any atom is -0.465 e. The van der Waals surface area contributed by atoms with E-state index in [2.05, 4.69) is 82.6 Å². The number of rotatable bonds is 7. The van der Waals surface area contributed by atoms with Crippen LogP contribution in [0.1, 0.15) is 63.7 Å². The summed E-state index contributed by atoms with van der Waals surface area (Å²) in [6, 6.07) is 26.0. The van der Waals surface area contributed by atoms with E-state index in [0.717, 1.165) is 29.4 Å². The molecule has 0 amide bonds. The minimum absolute atomic E-state index is 0. The number of nitrogens with zero attached hydrogens (tertiary/aromatic N) is 1. The number of alkyl halides is 2. The minimum atomic E-state index is -0.622. The molecule has 0 atom stereocenters. The molecule has 1 aliphatic rings. The Bertz CT molecular complexity index is 1720. The summed E-state index contributed by atoms with van der Waals surface area (Å²) in [6.45, 7) is 1.54. The van der Waals surface area contributed by atoms with E-state index in [9.17, 15) is 19.2 Å². The van der Waals surface area contributed by atoms with E-state index in [1.165, 1.54) is 68.9 Å². The molecule has 50 heavy (non-hydrogen) atoms. The largest absolute Gasteiger partial charge is 0.465 e. The van der Waals surface area contributed by atoms with Gasteiger partial charge in [-0.3, -0.25) is 0 Å². The third-order valence-corrected chi connectivity index (χ3v) is 8.49. The normalized spacial score (nSPS) is 10.6. The van der Waals surface area contributed by atoms with Crippen molar-refractivity contribution >= 4 is 67.1 Å². The van der Waals surface area contributed by atoms with Crippen LogP contribution < -0.4 is 10.6 Å². The van der Waals surface area contributed by atoms with Crippen molar-refractivity contribution in [1.82, 2.24) is 0 Å². The SMILES string of the molecule is BrCc1ccccc1CBr.COC(=O)c1ccc(N)cc1C(=O)OC.COC(=O)c1ccc(N2Cc3ccccc3C2)cc1C(=O)OC.[CH3-].[W]. The number of halogens is 2. The van der Waals surface area contributed by atoms with Crippen LogP contribution in [-0.2, 0) is 63.8 Å². The standard InChI is InChI=1S/C18H17NO4.C10H11NO4.C8H8Br2.CH3.W/c1-22-17(20)15-8-7-14(9-16(15)18(21)23-2)19-10-12-5-3-4-6-13(12)11-19;1-14-9(12)7-4-3-6(11)5-8(7)10(13)15-2;9-5-7-3-1-2-4-8(7)6-10;;/h3-9H,10-11H2,1-2H3;3-5H,11H2,1-2H3;1-4H,5-6H2;1H3;/q;;;-1;. The van der Waals surface area contributed by atoms with E-state index in [1.54, 1.807) is 12.1 Å². The predicted molar refractivity (Wildman–Crippen MR) is 197 cm³/mol. The van der Waals surface area contributed by atoms with Crippen molar-refractivity contribution in [1.29, 1.82) is 0 Å². The first-order chi connectivity index (χ1) is 23.1. The maximum absolute atomic E-state index is 12.0. The number of methoxy groups -OCH3 is 4. The topological polar surface area (TPSA) is 134 Å². The number of hydrogen-bond donors (Lipinski definition) is 1. The van der Waals surface area contributed by atoms with Gasteiger partial charge in [0, 0.05) is 56.2 Å². The molecule has 2 N–H and O–H groups in total. The average molecular weight is 983 g/mol. The van der Waals surface area contributed by atoms with Gasteiger partial charge in [0.1, 0.15) is 0 Å². The van der Waals surface area contributed by atoms with Gasteiger partial charge in [-0.1, -0.05) is 80.4 Å². The zero-order valence-corrected chi connectivity index (χ0v) is 34.5. The van der Waals surface area contributed by atoms with E-state index in [0.29, 0.717) is 5.69 Å². The van der Waals surface area contributed by atoms with E-state index < -0.39 is 23.9 Å². The number of nitrogen functional groups attached to an aromatic ring is 1. The third-order valence-electron chi connectivity index (χ3n) is 7.28. The molecule has 0 aromatic heterocycles. The molecule has 0 aliphatic carbocycles. The Labute approximate surface area is 324 Å². The summed E-state index contributed by atoms with van der Waals surface area (Å²) in [5, 5.41) is 1.88. The fraction of sp³-hybridized carbons (Fsp3) is 0.216. The van der Waals surface area contributed by atoms with Gasteiger partial charge >= 0.3 is 23.9 Å². The molecule has 0 radical (unpaired) electrons. The summed E-state index contributed by atoms with van der Waals surface area (Å²) >= 11 is 6.86. The van der Waals surface area contributed by atoms with Crippen LogP contribution in [0, 0.1) is 7.43 Å². The van der Waals surface area contributed by atoms with Crippen molar-refractivity contribution in [2.24, 2.45) is 0 Å². The Morgan fingerprint density at radius 1 is 0.600 bits per heavy atom. The van der Waals surface area contributed by atoms with Crippen LogP contribution in [0.2, 0.25) is 0 Å². The molecule has 13 heteroatoms. The van der Waals surface area contributed by atoms with Gasteiger partial charge in [-0.05, 0) is 58.7 Å². The second-order valence-electron chi connectivity index (χ2n) is 10.2. The second-order valence-corrected chi connectivity index (χ2v) is 11.3. The average Bonchev–Trinajstić information content (AvgIpc) is 3.58. The maximum atomic E-state index is 12.0. The molecule has 0 spiro atoms. The van der Waals surface area contributed by atoms with Crippen molar-refractivity contribution in [3.05, 3.63) is 137 Å². The summed E-state index contributed by atoms with van der Waals surface area (Å²) in [4.78, 5) is 48.6. The Morgan fingerprint density at radius 3 is 1.40 bits per heavy atom. The summed E-state index contributed by atoms with van der Waals surface area (Å²) in [7, 11) is 5.04. The quantitative estimate of drug-likeness (QED) is 0.0651. The van der Waals surface area contributed by atoms with Gasteiger partial charge < -0.3 is 37.0 Å². The first-order valence-corrected chi connectivity index (χ1v) is 16.7. The van der Waals surface area contributed by atoms with E-state index >= 15 is 0 Å². The molecule has 0 saturated heterocycles. The molecule has 4 aromatic rings. The number of carbonyl (C=O) groups excluding carboxylic acids is 4. The summed E-state index contributed by atoms with van der Waals surface area (Å²) in [5.41, 5.74) is 12.7. The van der Waals surface area contributed by atoms with Gasteiger partial charge in [0.15, 0.2) is 0 Å². The van der Waals surface area contributed by atoms with Gasteiger partial charge in [0.2, 0.25) is 0 Å². The van der Waals surface area contributed by atoms with Gasteiger partial charge in [-0.2, -0.15) is 0 Å². The molecule has 5 rings (SSSR count). The number of carbonyl (C=O) groups is 4. The second kappa shape index (κ2) is 22.0. The molecular weight excluding hydrogens is 944 g/mol. The summed E-state index contributed by atoms with van der Waals surface area (Å²) < 4.78 is 18.6. The molecule has 0 saturated carbocycles. The fourth-order valence-electron chi connectivity index (χ4n) is 4.76. The van der Waals surface area contributed by atoms with Crippen LogP contribution in [0.5, 0.6) is 0 Å². The number of benzene rings is 4. The molecule has 0 fully saturated rings. The van der Waals surface area contributed by atoms with Gasteiger partial charge in [0.25, 0.3) is 0 Å². The van der Waals surface area contributed by atoms with Crippen LogP contribution in [-0.4, -0.2) is 52.3 Å². The van der Waals surface area contributed by atoms with Gasteiger partial charge in [-0.15, -0.1) is 0 Å².